The number of benzene rings is 1. The first-order valence-corrected chi connectivity index (χ1v) is 6.75. The Balaban J connectivity index is 0.00000242. The van der Waals surface area contributed by atoms with E-state index in [2.05, 4.69) is 15.4 Å². The number of hydrogen-bond donors (Lipinski definition) is 2. The number of ether oxygens (including phenoxy) is 2. The molecule has 1 amide bonds. The van der Waals surface area contributed by atoms with Crippen molar-refractivity contribution < 1.29 is 23.0 Å². The number of carbonyl (C=O) groups is 1. The maximum Gasteiger partial charge on any atom is 0.387 e. The van der Waals surface area contributed by atoms with Gasteiger partial charge in [0.1, 0.15) is 0 Å². The van der Waals surface area contributed by atoms with Crippen LogP contribution in [0, 0.1) is 0 Å². The molecule has 0 aromatic heterocycles. The van der Waals surface area contributed by atoms with Gasteiger partial charge in [0.15, 0.2) is 11.5 Å². The van der Waals surface area contributed by atoms with Crippen LogP contribution < -0.4 is 20.1 Å². The van der Waals surface area contributed by atoms with Crippen LogP contribution in [0.25, 0.3) is 0 Å². The molecule has 0 atom stereocenters. The SMILES string of the molecule is COc1cccc(C(=O)NC2CCNCC2)c1OC(F)F.Cl. The molecule has 2 N–H and O–H groups in total. The van der Waals surface area contributed by atoms with Gasteiger partial charge in [0.2, 0.25) is 0 Å². The smallest absolute Gasteiger partial charge is 0.387 e. The van der Waals surface area contributed by atoms with E-state index in [4.69, 9.17) is 4.74 Å². The van der Waals surface area contributed by atoms with E-state index in [9.17, 15) is 13.6 Å². The summed E-state index contributed by atoms with van der Waals surface area (Å²) in [5.41, 5.74) is 0.0492. The molecular formula is C14H19ClF2N2O3. The van der Waals surface area contributed by atoms with Crippen LogP contribution in [0.2, 0.25) is 0 Å². The first-order valence-electron chi connectivity index (χ1n) is 6.75. The van der Waals surface area contributed by atoms with E-state index < -0.39 is 12.5 Å². The van der Waals surface area contributed by atoms with Gasteiger partial charge in [0.05, 0.1) is 12.7 Å². The second kappa shape index (κ2) is 8.75. The molecule has 1 heterocycles. The summed E-state index contributed by atoms with van der Waals surface area (Å²) in [6, 6.07) is 4.51. The van der Waals surface area contributed by atoms with Crippen LogP contribution in [0.15, 0.2) is 18.2 Å². The molecule has 8 heteroatoms. The van der Waals surface area contributed by atoms with Gasteiger partial charge in [-0.15, -0.1) is 12.4 Å². The molecule has 1 aromatic rings. The van der Waals surface area contributed by atoms with Gasteiger partial charge < -0.3 is 20.1 Å². The van der Waals surface area contributed by atoms with Crippen molar-refractivity contribution in [2.24, 2.45) is 0 Å². The molecule has 0 aliphatic carbocycles. The number of carbonyl (C=O) groups excluding carboxylic acids is 1. The zero-order valence-corrected chi connectivity index (χ0v) is 12.9. The minimum atomic E-state index is -3.02. The number of methoxy groups -OCH3 is 1. The molecule has 1 saturated heterocycles. The molecule has 0 radical (unpaired) electrons. The summed E-state index contributed by atoms with van der Waals surface area (Å²) in [6.45, 7) is -1.38. The molecule has 124 valence electrons. The van der Waals surface area contributed by atoms with Crippen molar-refractivity contribution in [2.45, 2.75) is 25.5 Å². The first kappa shape index (κ1) is 18.4. The summed E-state index contributed by atoms with van der Waals surface area (Å²) in [5, 5.41) is 6.03. The van der Waals surface area contributed by atoms with Crippen LogP contribution in [0.5, 0.6) is 11.5 Å². The van der Waals surface area contributed by atoms with Gasteiger partial charge in [-0.3, -0.25) is 4.79 Å². The Labute approximate surface area is 133 Å². The topological polar surface area (TPSA) is 59.6 Å². The molecule has 0 saturated carbocycles. The minimum Gasteiger partial charge on any atom is -0.493 e. The number of nitrogens with one attached hydrogen (secondary N) is 2. The summed E-state index contributed by atoms with van der Waals surface area (Å²) < 4.78 is 34.5. The predicted octanol–water partition coefficient (Wildman–Crippen LogP) is 2.20. The first-order chi connectivity index (χ1) is 10.1. The third-order valence-electron chi connectivity index (χ3n) is 3.32. The fourth-order valence-corrected chi connectivity index (χ4v) is 2.30. The summed E-state index contributed by atoms with van der Waals surface area (Å²) in [4.78, 5) is 12.3. The van der Waals surface area contributed by atoms with Crippen molar-refractivity contribution >= 4 is 18.3 Å². The van der Waals surface area contributed by atoms with E-state index in [0.29, 0.717) is 0 Å². The fraction of sp³-hybridized carbons (Fsp3) is 0.500. The van der Waals surface area contributed by atoms with Crippen LogP contribution >= 0.6 is 12.4 Å². The van der Waals surface area contributed by atoms with E-state index in [1.54, 1.807) is 6.07 Å². The standard InChI is InChI=1S/C14H18F2N2O3.ClH/c1-20-11-4-2-3-10(12(11)21-14(15)16)13(19)18-9-5-7-17-8-6-9;/h2-4,9,14,17H,5-8H2,1H3,(H,18,19);1H. The second-order valence-electron chi connectivity index (χ2n) is 4.71. The van der Waals surface area contributed by atoms with Crippen LogP contribution in [-0.4, -0.2) is 38.8 Å². The Bertz CT molecular complexity index is 497. The van der Waals surface area contributed by atoms with Crippen LogP contribution in [0.1, 0.15) is 23.2 Å². The van der Waals surface area contributed by atoms with Crippen molar-refractivity contribution in [3.05, 3.63) is 23.8 Å². The Kier molecular flexibility index (Phi) is 7.34. The summed E-state index contributed by atoms with van der Waals surface area (Å²) in [7, 11) is 1.34. The number of rotatable bonds is 5. The number of halogens is 3. The van der Waals surface area contributed by atoms with Crippen LogP contribution in [0.4, 0.5) is 8.78 Å². The third-order valence-corrected chi connectivity index (χ3v) is 3.32. The van der Waals surface area contributed by atoms with E-state index in [1.165, 1.54) is 19.2 Å². The normalized spacial score (nSPS) is 15.1. The van der Waals surface area contributed by atoms with Gasteiger partial charge in [-0.2, -0.15) is 8.78 Å². The molecule has 1 aromatic carbocycles. The van der Waals surface area contributed by atoms with Crippen molar-refractivity contribution in [3.8, 4) is 11.5 Å². The maximum atomic E-state index is 12.5. The highest BCUT2D eigenvalue weighted by molar-refractivity contribution is 5.98. The monoisotopic (exact) mass is 336 g/mol. The van der Waals surface area contributed by atoms with Crippen LogP contribution in [0.3, 0.4) is 0 Å². The van der Waals surface area contributed by atoms with Gasteiger partial charge in [0, 0.05) is 6.04 Å². The molecule has 2 rings (SSSR count). The number of para-hydroxylation sites is 1. The largest absolute Gasteiger partial charge is 0.493 e. The molecule has 1 fully saturated rings. The second-order valence-corrected chi connectivity index (χ2v) is 4.71. The lowest BCUT2D eigenvalue weighted by molar-refractivity contribution is -0.0515. The van der Waals surface area contributed by atoms with E-state index in [0.717, 1.165) is 25.9 Å². The molecule has 0 unspecified atom stereocenters. The highest BCUT2D eigenvalue weighted by atomic mass is 35.5. The van der Waals surface area contributed by atoms with Gasteiger partial charge in [-0.25, -0.2) is 0 Å². The van der Waals surface area contributed by atoms with Crippen molar-refractivity contribution in [1.29, 1.82) is 0 Å². The average Bonchev–Trinajstić information content (AvgIpc) is 2.47. The molecule has 1 aliphatic heterocycles. The Morgan fingerprint density at radius 2 is 2.05 bits per heavy atom. The summed E-state index contributed by atoms with van der Waals surface area (Å²) >= 11 is 0. The Hall–Kier alpha value is -1.60. The Morgan fingerprint density at radius 3 is 2.64 bits per heavy atom. The lowest BCUT2D eigenvalue weighted by atomic mass is 10.1. The fourth-order valence-electron chi connectivity index (χ4n) is 2.30. The van der Waals surface area contributed by atoms with Crippen molar-refractivity contribution in [2.75, 3.05) is 20.2 Å². The zero-order valence-electron chi connectivity index (χ0n) is 12.1. The molecule has 0 spiro atoms. The van der Waals surface area contributed by atoms with Gasteiger partial charge >= 0.3 is 6.61 Å². The molecule has 0 bridgehead atoms. The molecule has 5 nitrogen and oxygen atoms in total. The predicted molar refractivity (Wildman–Crippen MR) is 80.2 cm³/mol. The third kappa shape index (κ3) is 4.71. The number of amides is 1. The summed E-state index contributed by atoms with van der Waals surface area (Å²) in [5.74, 6) is -0.564. The maximum absolute atomic E-state index is 12.5. The molecule has 1 aliphatic rings. The highest BCUT2D eigenvalue weighted by Gasteiger charge is 2.22. The summed E-state index contributed by atoms with van der Waals surface area (Å²) in [6.07, 6.45) is 1.61. The van der Waals surface area contributed by atoms with E-state index >= 15 is 0 Å². The van der Waals surface area contributed by atoms with E-state index in [-0.39, 0.29) is 35.5 Å². The molecular weight excluding hydrogens is 318 g/mol. The van der Waals surface area contributed by atoms with Gasteiger partial charge in [0.25, 0.3) is 5.91 Å². The van der Waals surface area contributed by atoms with Crippen molar-refractivity contribution in [1.82, 2.24) is 10.6 Å². The Morgan fingerprint density at radius 1 is 1.36 bits per heavy atom. The number of hydrogen-bond acceptors (Lipinski definition) is 4. The number of alkyl halides is 2. The average molecular weight is 337 g/mol. The quantitative estimate of drug-likeness (QED) is 0.865. The van der Waals surface area contributed by atoms with Gasteiger partial charge in [-0.1, -0.05) is 6.07 Å². The van der Waals surface area contributed by atoms with Gasteiger partial charge in [-0.05, 0) is 38.1 Å². The van der Waals surface area contributed by atoms with Crippen LogP contribution in [-0.2, 0) is 0 Å². The highest BCUT2D eigenvalue weighted by Crippen LogP contribution is 2.32. The zero-order chi connectivity index (χ0) is 15.2. The molecule has 22 heavy (non-hydrogen) atoms. The number of piperidine rings is 1. The van der Waals surface area contributed by atoms with E-state index in [1.807, 2.05) is 0 Å². The lowest BCUT2D eigenvalue weighted by Crippen LogP contribution is -2.42. The lowest BCUT2D eigenvalue weighted by Gasteiger charge is -2.24. The minimum absolute atomic E-state index is 0. The van der Waals surface area contributed by atoms with Crippen molar-refractivity contribution in [3.63, 3.8) is 0 Å².